The molecule has 18 heavy (non-hydrogen) atoms. The van der Waals surface area contributed by atoms with Gasteiger partial charge in [-0.1, -0.05) is 0 Å². The van der Waals surface area contributed by atoms with Gasteiger partial charge in [-0.2, -0.15) is 5.10 Å². The number of aromatic amines is 2. The van der Waals surface area contributed by atoms with Gasteiger partial charge in [0.15, 0.2) is 0 Å². The van der Waals surface area contributed by atoms with Gasteiger partial charge in [0.05, 0.1) is 18.8 Å². The number of fused-ring (bicyclic) bond motifs is 1. The first-order chi connectivity index (χ1) is 8.70. The van der Waals surface area contributed by atoms with Crippen molar-refractivity contribution in [2.24, 2.45) is 0 Å². The zero-order valence-corrected chi connectivity index (χ0v) is 10.2. The van der Waals surface area contributed by atoms with Crippen LogP contribution in [-0.2, 0) is 0 Å². The molecule has 1 aromatic carbocycles. The van der Waals surface area contributed by atoms with Gasteiger partial charge >= 0.3 is 0 Å². The molecule has 5 heteroatoms. The van der Waals surface area contributed by atoms with Crippen LogP contribution >= 0.6 is 0 Å². The average molecular weight is 242 g/mol. The van der Waals surface area contributed by atoms with E-state index in [0.717, 1.165) is 27.8 Å². The normalized spacial score (nSPS) is 11.0. The van der Waals surface area contributed by atoms with Crippen molar-refractivity contribution >= 4 is 16.7 Å². The summed E-state index contributed by atoms with van der Waals surface area (Å²) in [4.78, 5) is 3.21. The van der Waals surface area contributed by atoms with E-state index in [1.807, 2.05) is 12.3 Å². The van der Waals surface area contributed by atoms with Crippen LogP contribution in [0.15, 0.2) is 24.5 Å². The number of rotatable bonds is 2. The van der Waals surface area contributed by atoms with E-state index in [1.54, 1.807) is 13.3 Å². The second-order valence-corrected chi connectivity index (χ2v) is 4.27. The largest absolute Gasteiger partial charge is 0.495 e. The first kappa shape index (κ1) is 10.7. The standard InChI is InChI=1S/C13H14N4O/c1-7-5-15-12-9(7)3-8(4-11(12)18-2)10-6-16-17-13(10)14/h3-6,15H,1-2H3,(H3,14,16,17). The summed E-state index contributed by atoms with van der Waals surface area (Å²) >= 11 is 0. The lowest BCUT2D eigenvalue weighted by Gasteiger charge is -2.06. The summed E-state index contributed by atoms with van der Waals surface area (Å²) in [5.74, 6) is 1.36. The number of hydrogen-bond acceptors (Lipinski definition) is 3. The van der Waals surface area contributed by atoms with Crippen molar-refractivity contribution in [2.45, 2.75) is 6.92 Å². The van der Waals surface area contributed by atoms with Crippen molar-refractivity contribution in [2.75, 3.05) is 12.8 Å². The number of aryl methyl sites for hydroxylation is 1. The lowest BCUT2D eigenvalue weighted by molar-refractivity contribution is 0.419. The molecule has 3 aromatic rings. The number of nitrogens with one attached hydrogen (secondary N) is 2. The molecule has 0 bridgehead atoms. The quantitative estimate of drug-likeness (QED) is 0.645. The molecule has 2 aromatic heterocycles. The predicted molar refractivity (Wildman–Crippen MR) is 71.6 cm³/mol. The minimum Gasteiger partial charge on any atom is -0.495 e. The van der Waals surface area contributed by atoms with Crippen molar-refractivity contribution in [3.05, 3.63) is 30.1 Å². The van der Waals surface area contributed by atoms with Gasteiger partial charge in [0.1, 0.15) is 11.6 Å². The molecule has 5 nitrogen and oxygen atoms in total. The summed E-state index contributed by atoms with van der Waals surface area (Å²) in [5.41, 5.74) is 9.91. The lowest BCUT2D eigenvalue weighted by atomic mass is 10.0. The number of nitrogens with two attached hydrogens (primary N) is 1. The summed E-state index contributed by atoms with van der Waals surface area (Å²) in [6.07, 6.45) is 3.69. The number of methoxy groups -OCH3 is 1. The van der Waals surface area contributed by atoms with Crippen LogP contribution in [0.3, 0.4) is 0 Å². The maximum absolute atomic E-state index is 5.85. The minimum absolute atomic E-state index is 0.560. The number of nitrogen functional groups attached to an aromatic ring is 1. The molecule has 0 amide bonds. The summed E-state index contributed by atoms with van der Waals surface area (Å²) in [5, 5.41) is 7.81. The Hall–Kier alpha value is -2.43. The van der Waals surface area contributed by atoms with Crippen molar-refractivity contribution in [1.82, 2.24) is 15.2 Å². The van der Waals surface area contributed by atoms with E-state index < -0.39 is 0 Å². The summed E-state index contributed by atoms with van der Waals surface area (Å²) in [7, 11) is 1.66. The van der Waals surface area contributed by atoms with Gasteiger partial charge in [0, 0.05) is 17.1 Å². The highest BCUT2D eigenvalue weighted by Gasteiger charge is 2.12. The van der Waals surface area contributed by atoms with Crippen LogP contribution in [0.2, 0.25) is 0 Å². The lowest BCUT2D eigenvalue weighted by Crippen LogP contribution is -1.90. The molecule has 0 radical (unpaired) electrons. The number of anilines is 1. The van der Waals surface area contributed by atoms with E-state index in [1.165, 1.54) is 5.56 Å². The molecule has 2 heterocycles. The predicted octanol–water partition coefficient (Wildman–Crippen LogP) is 2.46. The van der Waals surface area contributed by atoms with Crippen LogP contribution < -0.4 is 10.5 Å². The van der Waals surface area contributed by atoms with Gasteiger partial charge in [0.2, 0.25) is 0 Å². The Bertz CT molecular complexity index is 711. The fourth-order valence-corrected chi connectivity index (χ4v) is 2.18. The molecule has 0 spiro atoms. The molecule has 0 fully saturated rings. The zero-order chi connectivity index (χ0) is 12.7. The van der Waals surface area contributed by atoms with Crippen molar-refractivity contribution in [3.8, 4) is 16.9 Å². The maximum atomic E-state index is 5.85. The Balaban J connectivity index is 2.31. The van der Waals surface area contributed by atoms with E-state index in [9.17, 15) is 0 Å². The molecule has 3 rings (SSSR count). The van der Waals surface area contributed by atoms with E-state index in [0.29, 0.717) is 5.82 Å². The van der Waals surface area contributed by atoms with E-state index >= 15 is 0 Å². The fraction of sp³-hybridized carbons (Fsp3) is 0.154. The number of nitrogens with zero attached hydrogens (tertiary/aromatic N) is 1. The maximum Gasteiger partial charge on any atom is 0.143 e. The van der Waals surface area contributed by atoms with E-state index in [4.69, 9.17) is 10.5 Å². The van der Waals surface area contributed by atoms with E-state index in [2.05, 4.69) is 28.2 Å². The monoisotopic (exact) mass is 242 g/mol. The first-order valence-corrected chi connectivity index (χ1v) is 5.65. The number of ether oxygens (including phenoxy) is 1. The molecule has 0 aliphatic carbocycles. The van der Waals surface area contributed by atoms with E-state index in [-0.39, 0.29) is 0 Å². The molecule has 92 valence electrons. The Kier molecular flexibility index (Phi) is 2.26. The van der Waals surface area contributed by atoms with Crippen molar-refractivity contribution < 1.29 is 4.74 Å². The smallest absolute Gasteiger partial charge is 0.143 e. The SMILES string of the molecule is COc1cc(-c2cn[nH]c2N)cc2c(C)c[nH]c12. The van der Waals surface area contributed by atoms with Crippen LogP contribution in [0.25, 0.3) is 22.0 Å². The Labute approximate surface area is 104 Å². The number of H-pyrrole nitrogens is 2. The highest BCUT2D eigenvalue weighted by atomic mass is 16.5. The second kappa shape index (κ2) is 3.80. The summed E-state index contributed by atoms with van der Waals surface area (Å²) in [6.45, 7) is 2.06. The first-order valence-electron chi connectivity index (χ1n) is 5.65. The molecule has 0 aliphatic heterocycles. The molecule has 0 unspecified atom stereocenters. The van der Waals surface area contributed by atoms with Crippen molar-refractivity contribution in [3.63, 3.8) is 0 Å². The average Bonchev–Trinajstić information content (AvgIpc) is 2.95. The van der Waals surface area contributed by atoms with Gasteiger partial charge in [-0.05, 0) is 30.2 Å². The Morgan fingerprint density at radius 1 is 1.33 bits per heavy atom. The third-order valence-electron chi connectivity index (χ3n) is 3.16. The van der Waals surface area contributed by atoms with Gasteiger partial charge in [0.25, 0.3) is 0 Å². The number of hydrogen-bond donors (Lipinski definition) is 3. The Morgan fingerprint density at radius 2 is 2.17 bits per heavy atom. The molecular weight excluding hydrogens is 228 g/mol. The molecule has 0 saturated carbocycles. The van der Waals surface area contributed by atoms with Gasteiger partial charge < -0.3 is 15.5 Å². The van der Waals surface area contributed by atoms with Crippen LogP contribution in [0.1, 0.15) is 5.56 Å². The van der Waals surface area contributed by atoms with Gasteiger partial charge in [-0.3, -0.25) is 5.10 Å². The van der Waals surface area contributed by atoms with Crippen LogP contribution in [-0.4, -0.2) is 22.3 Å². The van der Waals surface area contributed by atoms with Gasteiger partial charge in [-0.25, -0.2) is 0 Å². The zero-order valence-electron chi connectivity index (χ0n) is 10.2. The molecule has 0 aliphatic rings. The van der Waals surface area contributed by atoms with Crippen LogP contribution in [0.5, 0.6) is 5.75 Å². The van der Waals surface area contributed by atoms with Gasteiger partial charge in [-0.15, -0.1) is 0 Å². The summed E-state index contributed by atoms with van der Waals surface area (Å²) in [6, 6.07) is 4.05. The molecule has 0 saturated heterocycles. The highest BCUT2D eigenvalue weighted by molar-refractivity contribution is 5.93. The molecule has 0 atom stereocenters. The Morgan fingerprint density at radius 3 is 2.83 bits per heavy atom. The number of aromatic nitrogens is 3. The van der Waals surface area contributed by atoms with Crippen LogP contribution in [0, 0.1) is 6.92 Å². The second-order valence-electron chi connectivity index (χ2n) is 4.27. The fourth-order valence-electron chi connectivity index (χ4n) is 2.18. The highest BCUT2D eigenvalue weighted by Crippen LogP contribution is 2.34. The topological polar surface area (TPSA) is 79.7 Å². The minimum atomic E-state index is 0.560. The molecule has 4 N–H and O–H groups in total. The number of benzene rings is 1. The van der Waals surface area contributed by atoms with Crippen molar-refractivity contribution in [1.29, 1.82) is 0 Å². The molecular formula is C13H14N4O. The van der Waals surface area contributed by atoms with Crippen LogP contribution in [0.4, 0.5) is 5.82 Å². The third-order valence-corrected chi connectivity index (χ3v) is 3.16. The summed E-state index contributed by atoms with van der Waals surface area (Å²) < 4.78 is 5.42. The third kappa shape index (κ3) is 1.44.